The number of nitrogens with one attached hydrogen (secondary N) is 1. The molecule has 0 atom stereocenters. The normalized spacial score (nSPS) is 10.8. The molecule has 6 heteroatoms. The van der Waals surface area contributed by atoms with Gasteiger partial charge in [-0.1, -0.05) is 26.2 Å². The second-order valence-electron chi connectivity index (χ2n) is 2.43. The summed E-state index contributed by atoms with van der Waals surface area (Å²) in [5.74, 6) is 0. The summed E-state index contributed by atoms with van der Waals surface area (Å²) in [7, 11) is -3.96. The summed E-state index contributed by atoms with van der Waals surface area (Å²) in [5, 5.41) is 0. The van der Waals surface area contributed by atoms with E-state index in [-0.39, 0.29) is 17.1 Å². The third-order valence-electron chi connectivity index (χ3n) is 1.31. The minimum atomic E-state index is -3.96. The molecule has 0 amide bonds. The zero-order valence-electron chi connectivity index (χ0n) is 7.01. The van der Waals surface area contributed by atoms with Crippen molar-refractivity contribution >= 4 is 10.3 Å². The predicted octanol–water partition coefficient (Wildman–Crippen LogP) is 0.957. The molecule has 2 N–H and O–H groups in total. The summed E-state index contributed by atoms with van der Waals surface area (Å²) in [6.07, 6.45) is 4.01. The Kier molecular flexibility index (Phi) is 9.94. The quantitative estimate of drug-likeness (QED) is 0.416. The van der Waals surface area contributed by atoms with E-state index in [1.807, 2.05) is 4.72 Å². The summed E-state index contributed by atoms with van der Waals surface area (Å²) >= 11 is 0. The zero-order chi connectivity index (χ0) is 8.74. The van der Waals surface area contributed by atoms with Crippen molar-refractivity contribution < 1.29 is 30.0 Å². The van der Waals surface area contributed by atoms with Crippen molar-refractivity contribution in [2.24, 2.45) is 0 Å². The first-order chi connectivity index (χ1) is 5.06. The van der Waals surface area contributed by atoms with Gasteiger partial charge in [-0.2, -0.15) is 13.1 Å². The molecule has 0 saturated heterocycles. The van der Waals surface area contributed by atoms with Crippen LogP contribution in [0.3, 0.4) is 0 Å². The molecule has 0 bridgehead atoms. The van der Waals surface area contributed by atoms with Gasteiger partial charge in [0.1, 0.15) is 0 Å². The maximum atomic E-state index is 10.1. The van der Waals surface area contributed by atoms with Gasteiger partial charge in [0.05, 0.1) is 0 Å². The number of unbranched alkanes of at least 4 members (excludes halogenated alkanes) is 3. The molecule has 79 valence electrons. The second-order valence-corrected chi connectivity index (χ2v) is 3.67. The van der Waals surface area contributed by atoms with Crippen molar-refractivity contribution in [3.63, 3.8) is 0 Å². The van der Waals surface area contributed by atoms with E-state index in [1.165, 1.54) is 0 Å². The van der Waals surface area contributed by atoms with Crippen LogP contribution in [0.15, 0.2) is 0 Å². The van der Waals surface area contributed by atoms with Gasteiger partial charge in [0, 0.05) is 23.6 Å². The first kappa shape index (κ1) is 14.9. The topological polar surface area (TPSA) is 66.4 Å². The van der Waals surface area contributed by atoms with E-state index in [2.05, 4.69) is 6.92 Å². The average Bonchev–Trinajstić information content (AvgIpc) is 1.85. The van der Waals surface area contributed by atoms with E-state index in [1.54, 1.807) is 0 Å². The van der Waals surface area contributed by atoms with Crippen LogP contribution in [0.1, 0.15) is 32.6 Å². The summed E-state index contributed by atoms with van der Waals surface area (Å²) in [6.45, 7) is 2.41. The molecule has 1 radical (unpaired) electrons. The van der Waals surface area contributed by atoms with Crippen LogP contribution in [0, 0.1) is 0 Å². The maximum Gasteiger partial charge on any atom is 0.333 e. The third-order valence-corrected chi connectivity index (χ3v) is 1.88. The van der Waals surface area contributed by atoms with Gasteiger partial charge in [-0.05, 0) is 6.42 Å². The van der Waals surface area contributed by atoms with E-state index < -0.39 is 10.3 Å². The van der Waals surface area contributed by atoms with Crippen LogP contribution in [0.25, 0.3) is 0 Å². The Morgan fingerprint density at radius 3 is 2.25 bits per heavy atom. The van der Waals surface area contributed by atoms with Gasteiger partial charge in [-0.25, -0.2) is 0 Å². The van der Waals surface area contributed by atoms with Crippen molar-refractivity contribution in [3.05, 3.63) is 0 Å². The molecular weight excluding hydrogens is 230 g/mol. The van der Waals surface area contributed by atoms with E-state index in [0.29, 0.717) is 6.54 Å². The summed E-state index contributed by atoms with van der Waals surface area (Å²) < 4.78 is 30.5. The maximum absolute atomic E-state index is 10.1. The van der Waals surface area contributed by atoms with Crippen LogP contribution < -0.4 is 4.72 Å². The molecule has 0 heterocycles. The van der Waals surface area contributed by atoms with Gasteiger partial charge in [0.15, 0.2) is 0 Å². The Labute approximate surface area is 84.5 Å². The van der Waals surface area contributed by atoms with Crippen molar-refractivity contribution in [1.82, 2.24) is 4.72 Å². The first-order valence-electron chi connectivity index (χ1n) is 3.78. The number of hydrogen-bond acceptors (Lipinski definition) is 2. The molecule has 0 aromatic heterocycles. The van der Waals surface area contributed by atoms with Crippen LogP contribution in [-0.2, 0) is 27.4 Å². The Hall–Kier alpha value is 0.389. The minimum absolute atomic E-state index is 0. The van der Waals surface area contributed by atoms with Crippen molar-refractivity contribution in [2.45, 2.75) is 32.6 Å². The van der Waals surface area contributed by atoms with Gasteiger partial charge < -0.3 is 0 Å². The fourth-order valence-electron chi connectivity index (χ4n) is 0.753. The van der Waals surface area contributed by atoms with Crippen molar-refractivity contribution in [1.29, 1.82) is 0 Å². The fraction of sp³-hybridized carbons (Fsp3) is 1.00. The molecule has 12 heavy (non-hydrogen) atoms. The van der Waals surface area contributed by atoms with Crippen LogP contribution in [0.5, 0.6) is 0 Å². The van der Waals surface area contributed by atoms with Gasteiger partial charge in [-0.15, -0.1) is 0 Å². The van der Waals surface area contributed by atoms with E-state index in [4.69, 9.17) is 4.55 Å². The molecule has 0 aromatic carbocycles. The van der Waals surface area contributed by atoms with Crippen molar-refractivity contribution in [2.75, 3.05) is 6.54 Å². The van der Waals surface area contributed by atoms with Gasteiger partial charge >= 0.3 is 10.3 Å². The zero-order valence-corrected chi connectivity index (χ0v) is 8.77. The molecule has 0 aliphatic carbocycles. The minimum Gasteiger partial charge on any atom is -0.273 e. The molecule has 0 aromatic rings. The van der Waals surface area contributed by atoms with Crippen LogP contribution in [0.2, 0.25) is 0 Å². The van der Waals surface area contributed by atoms with Gasteiger partial charge in [-0.3, -0.25) is 4.55 Å². The molecule has 0 spiro atoms. The summed E-state index contributed by atoms with van der Waals surface area (Å²) in [6, 6.07) is 0. The SMILES string of the molecule is CCCCCCNS(=O)(=O)O.[Cu]. The smallest absolute Gasteiger partial charge is 0.273 e. The number of hydrogen-bond donors (Lipinski definition) is 2. The monoisotopic (exact) mass is 244 g/mol. The third kappa shape index (κ3) is 13.0. The standard InChI is InChI=1S/C6H15NO3S.Cu/c1-2-3-4-5-6-7-11(8,9)10;/h7H,2-6H2,1H3,(H,8,9,10);. The molecular formula is C6H15CuNO3S. The Morgan fingerprint density at radius 2 is 1.83 bits per heavy atom. The molecule has 0 aliphatic rings. The number of rotatable bonds is 6. The molecule has 0 aliphatic heterocycles. The Morgan fingerprint density at radius 1 is 1.25 bits per heavy atom. The van der Waals surface area contributed by atoms with Crippen molar-refractivity contribution in [3.8, 4) is 0 Å². The predicted molar refractivity (Wildman–Crippen MR) is 43.7 cm³/mol. The molecule has 0 fully saturated rings. The van der Waals surface area contributed by atoms with E-state index >= 15 is 0 Å². The molecule has 0 saturated carbocycles. The largest absolute Gasteiger partial charge is 0.333 e. The van der Waals surface area contributed by atoms with E-state index in [9.17, 15) is 8.42 Å². The Bertz CT molecular complexity index is 181. The van der Waals surface area contributed by atoms with Gasteiger partial charge in [0.2, 0.25) is 0 Å². The van der Waals surface area contributed by atoms with Crippen LogP contribution in [0.4, 0.5) is 0 Å². The van der Waals surface area contributed by atoms with Crippen LogP contribution >= 0.6 is 0 Å². The second kappa shape index (κ2) is 8.01. The molecule has 0 rings (SSSR count). The summed E-state index contributed by atoms with van der Waals surface area (Å²) in [4.78, 5) is 0. The Balaban J connectivity index is 0. The summed E-state index contributed by atoms with van der Waals surface area (Å²) in [5.41, 5.74) is 0. The van der Waals surface area contributed by atoms with Gasteiger partial charge in [0.25, 0.3) is 0 Å². The fourth-order valence-corrected chi connectivity index (χ4v) is 1.16. The first-order valence-corrected chi connectivity index (χ1v) is 5.22. The average molecular weight is 245 g/mol. The van der Waals surface area contributed by atoms with Crippen LogP contribution in [-0.4, -0.2) is 19.5 Å². The molecule has 4 nitrogen and oxygen atoms in total. The molecule has 0 unspecified atom stereocenters. The van der Waals surface area contributed by atoms with E-state index in [0.717, 1.165) is 25.7 Å².